The van der Waals surface area contributed by atoms with E-state index in [0.29, 0.717) is 11.3 Å². The number of anilines is 1. The zero-order valence-electron chi connectivity index (χ0n) is 8.75. The van der Waals surface area contributed by atoms with E-state index in [4.69, 9.17) is 5.73 Å². The zero-order valence-corrected chi connectivity index (χ0v) is 8.75. The number of carbonyl (C=O) groups is 1. The van der Waals surface area contributed by atoms with Crippen LogP contribution in [0, 0.1) is 0 Å². The van der Waals surface area contributed by atoms with Gasteiger partial charge in [0.25, 0.3) is 0 Å². The highest BCUT2D eigenvalue weighted by Crippen LogP contribution is 2.12. The number of aromatic nitrogens is 2. The molecule has 82 valence electrons. The topological polar surface area (TPSA) is 70.1 Å². The van der Waals surface area contributed by atoms with Crippen molar-refractivity contribution in [3.8, 4) is 5.69 Å². The first-order valence-corrected chi connectivity index (χ1v) is 4.69. The number of benzene rings is 1. The molecule has 16 heavy (non-hydrogen) atoms. The number of hydrogen-bond donors (Lipinski definition) is 1. The normalized spacial score (nSPS) is 10.1. The van der Waals surface area contributed by atoms with Crippen molar-refractivity contribution in [1.82, 2.24) is 9.78 Å². The molecule has 5 nitrogen and oxygen atoms in total. The molecule has 0 saturated carbocycles. The number of nitrogens with two attached hydrogens (primary N) is 1. The highest BCUT2D eigenvalue weighted by molar-refractivity contribution is 5.89. The lowest BCUT2D eigenvalue weighted by Crippen LogP contribution is -2.03. The molecule has 2 N–H and O–H groups in total. The molecule has 0 radical (unpaired) electrons. The molecule has 0 aliphatic carbocycles. The molecular weight excluding hydrogens is 206 g/mol. The molecule has 0 amide bonds. The monoisotopic (exact) mass is 217 g/mol. The van der Waals surface area contributed by atoms with E-state index in [1.165, 1.54) is 7.11 Å². The summed E-state index contributed by atoms with van der Waals surface area (Å²) in [4.78, 5) is 11.3. The third-order valence-corrected chi connectivity index (χ3v) is 2.13. The van der Waals surface area contributed by atoms with Crippen LogP contribution in [0.1, 0.15) is 10.4 Å². The van der Waals surface area contributed by atoms with Crippen LogP contribution in [0.4, 0.5) is 5.69 Å². The van der Waals surface area contributed by atoms with Crippen LogP contribution in [0.5, 0.6) is 0 Å². The molecule has 0 spiro atoms. The smallest absolute Gasteiger partial charge is 0.337 e. The SMILES string of the molecule is COC(=O)c1cccc(-n2cc(N)cn2)c1. The average molecular weight is 217 g/mol. The second kappa shape index (κ2) is 4.06. The molecule has 0 unspecified atom stereocenters. The van der Waals surface area contributed by atoms with Crippen molar-refractivity contribution in [2.75, 3.05) is 12.8 Å². The lowest BCUT2D eigenvalue weighted by Gasteiger charge is -2.03. The molecule has 0 atom stereocenters. The van der Waals surface area contributed by atoms with E-state index < -0.39 is 0 Å². The maximum atomic E-state index is 11.3. The molecule has 0 bridgehead atoms. The van der Waals surface area contributed by atoms with Crippen LogP contribution in [0.15, 0.2) is 36.7 Å². The summed E-state index contributed by atoms with van der Waals surface area (Å²) in [5.41, 5.74) is 7.38. The maximum Gasteiger partial charge on any atom is 0.337 e. The third-order valence-electron chi connectivity index (χ3n) is 2.13. The van der Waals surface area contributed by atoms with Crippen molar-refractivity contribution < 1.29 is 9.53 Å². The Morgan fingerprint density at radius 1 is 1.50 bits per heavy atom. The fourth-order valence-corrected chi connectivity index (χ4v) is 1.37. The number of ether oxygens (including phenoxy) is 1. The summed E-state index contributed by atoms with van der Waals surface area (Å²) in [5, 5.41) is 4.05. The Morgan fingerprint density at radius 2 is 2.31 bits per heavy atom. The molecule has 0 saturated heterocycles. The first-order chi connectivity index (χ1) is 7.70. The number of hydrogen-bond acceptors (Lipinski definition) is 4. The van der Waals surface area contributed by atoms with Crippen molar-refractivity contribution in [1.29, 1.82) is 0 Å². The number of nitrogen functional groups attached to an aromatic ring is 1. The second-order valence-electron chi connectivity index (χ2n) is 3.26. The summed E-state index contributed by atoms with van der Waals surface area (Å²) >= 11 is 0. The first kappa shape index (κ1) is 10.2. The van der Waals surface area contributed by atoms with Crippen LogP contribution in [-0.2, 0) is 4.74 Å². The van der Waals surface area contributed by atoms with Gasteiger partial charge in [-0.05, 0) is 18.2 Å². The maximum absolute atomic E-state index is 11.3. The first-order valence-electron chi connectivity index (χ1n) is 4.69. The van der Waals surface area contributed by atoms with Gasteiger partial charge >= 0.3 is 5.97 Å². The van der Waals surface area contributed by atoms with Crippen molar-refractivity contribution in [3.63, 3.8) is 0 Å². The van der Waals surface area contributed by atoms with E-state index in [9.17, 15) is 4.79 Å². The number of carbonyl (C=O) groups excluding carboxylic acids is 1. The van der Waals surface area contributed by atoms with Crippen LogP contribution in [0.3, 0.4) is 0 Å². The summed E-state index contributed by atoms with van der Waals surface area (Å²) in [6.45, 7) is 0. The Morgan fingerprint density at radius 3 is 2.94 bits per heavy atom. The van der Waals surface area contributed by atoms with Crippen LogP contribution < -0.4 is 5.73 Å². The van der Waals surface area contributed by atoms with E-state index in [-0.39, 0.29) is 5.97 Å². The molecule has 1 heterocycles. The molecule has 0 aliphatic rings. The van der Waals surface area contributed by atoms with Gasteiger partial charge in [-0.2, -0.15) is 5.10 Å². The zero-order chi connectivity index (χ0) is 11.5. The van der Waals surface area contributed by atoms with Crippen LogP contribution in [-0.4, -0.2) is 22.9 Å². The molecule has 0 fully saturated rings. The van der Waals surface area contributed by atoms with Crippen molar-refractivity contribution in [2.24, 2.45) is 0 Å². The van der Waals surface area contributed by atoms with Crippen molar-refractivity contribution in [2.45, 2.75) is 0 Å². The van der Waals surface area contributed by atoms with Crippen LogP contribution >= 0.6 is 0 Å². The summed E-state index contributed by atoms with van der Waals surface area (Å²) < 4.78 is 6.24. The predicted octanol–water partition coefficient (Wildman–Crippen LogP) is 1.24. The summed E-state index contributed by atoms with van der Waals surface area (Å²) in [6, 6.07) is 6.97. The van der Waals surface area contributed by atoms with E-state index in [1.807, 2.05) is 6.07 Å². The van der Waals surface area contributed by atoms with Crippen LogP contribution in [0.2, 0.25) is 0 Å². The molecule has 0 aliphatic heterocycles. The van der Waals surface area contributed by atoms with Gasteiger partial charge in [0, 0.05) is 0 Å². The van der Waals surface area contributed by atoms with Gasteiger partial charge in [0.1, 0.15) is 0 Å². The van der Waals surface area contributed by atoms with Gasteiger partial charge in [0.2, 0.25) is 0 Å². The van der Waals surface area contributed by atoms with Gasteiger partial charge < -0.3 is 10.5 Å². The molecule has 1 aromatic heterocycles. The standard InChI is InChI=1S/C11H11N3O2/c1-16-11(15)8-3-2-4-10(5-8)14-7-9(12)6-13-14/h2-7H,12H2,1H3. The van der Waals surface area contributed by atoms with Gasteiger partial charge in [-0.15, -0.1) is 0 Å². The lowest BCUT2D eigenvalue weighted by atomic mass is 10.2. The Hall–Kier alpha value is -2.30. The fourth-order valence-electron chi connectivity index (χ4n) is 1.37. The van der Waals surface area contributed by atoms with E-state index >= 15 is 0 Å². The minimum atomic E-state index is -0.373. The molecule has 1 aromatic carbocycles. The van der Waals surface area contributed by atoms with Gasteiger partial charge in [-0.1, -0.05) is 6.07 Å². The largest absolute Gasteiger partial charge is 0.465 e. The summed E-state index contributed by atoms with van der Waals surface area (Å²) in [5.74, 6) is -0.373. The molecule has 2 aromatic rings. The summed E-state index contributed by atoms with van der Waals surface area (Å²) in [6.07, 6.45) is 3.22. The van der Waals surface area contributed by atoms with Gasteiger partial charge in [-0.3, -0.25) is 0 Å². The second-order valence-corrected chi connectivity index (χ2v) is 3.26. The van der Waals surface area contributed by atoms with Crippen molar-refractivity contribution >= 4 is 11.7 Å². The number of esters is 1. The number of rotatable bonds is 2. The number of nitrogens with zero attached hydrogens (tertiary/aromatic N) is 2. The lowest BCUT2D eigenvalue weighted by molar-refractivity contribution is 0.0600. The van der Waals surface area contributed by atoms with E-state index in [1.54, 1.807) is 35.3 Å². The summed E-state index contributed by atoms with van der Waals surface area (Å²) in [7, 11) is 1.35. The highest BCUT2D eigenvalue weighted by Gasteiger charge is 2.06. The predicted molar refractivity (Wildman–Crippen MR) is 59.3 cm³/mol. The Kier molecular flexibility index (Phi) is 2.59. The highest BCUT2D eigenvalue weighted by atomic mass is 16.5. The fraction of sp³-hybridized carbons (Fsp3) is 0.0909. The quantitative estimate of drug-likeness (QED) is 0.768. The minimum Gasteiger partial charge on any atom is -0.465 e. The number of methoxy groups -OCH3 is 1. The van der Waals surface area contributed by atoms with E-state index in [2.05, 4.69) is 9.84 Å². The molecule has 2 rings (SSSR count). The minimum absolute atomic E-state index is 0.373. The van der Waals surface area contributed by atoms with Gasteiger partial charge in [0.15, 0.2) is 0 Å². The van der Waals surface area contributed by atoms with Gasteiger partial charge in [-0.25, -0.2) is 9.48 Å². The third kappa shape index (κ3) is 1.88. The van der Waals surface area contributed by atoms with E-state index in [0.717, 1.165) is 5.69 Å². The van der Waals surface area contributed by atoms with Gasteiger partial charge in [0.05, 0.1) is 36.4 Å². The average Bonchev–Trinajstić information content (AvgIpc) is 2.75. The Bertz CT molecular complexity index is 519. The Labute approximate surface area is 92.4 Å². The van der Waals surface area contributed by atoms with Crippen molar-refractivity contribution in [3.05, 3.63) is 42.2 Å². The van der Waals surface area contributed by atoms with Crippen LogP contribution in [0.25, 0.3) is 5.69 Å². The molecular formula is C11H11N3O2. The Balaban J connectivity index is 2.39. The molecule has 5 heteroatoms.